The molecule has 78 valence electrons. The molecule has 0 atom stereocenters. The van der Waals surface area contributed by atoms with Crippen molar-refractivity contribution in [3.8, 4) is 0 Å². The molecule has 0 aliphatic heterocycles. The van der Waals surface area contributed by atoms with Crippen molar-refractivity contribution >= 4 is 17.6 Å². The van der Waals surface area contributed by atoms with E-state index in [4.69, 9.17) is 5.73 Å². The molecule has 4 nitrogen and oxygen atoms in total. The number of thioether (sulfide) groups is 1. The van der Waals surface area contributed by atoms with Gasteiger partial charge in [-0.3, -0.25) is 4.68 Å². The minimum atomic E-state index is 0.605. The second-order valence-corrected chi connectivity index (χ2v) is 4.23. The number of nitrogens with two attached hydrogens (primary N) is 1. The van der Waals surface area contributed by atoms with E-state index in [9.17, 15) is 0 Å². The third-order valence-corrected chi connectivity index (χ3v) is 3.00. The van der Waals surface area contributed by atoms with Gasteiger partial charge < -0.3 is 5.73 Å². The molecule has 0 aromatic carbocycles. The van der Waals surface area contributed by atoms with E-state index < -0.39 is 0 Å². The van der Waals surface area contributed by atoms with Gasteiger partial charge in [-0.25, -0.2) is 4.98 Å². The van der Waals surface area contributed by atoms with Crippen molar-refractivity contribution in [2.75, 3.05) is 5.73 Å². The molecule has 0 radical (unpaired) electrons. The van der Waals surface area contributed by atoms with Gasteiger partial charge in [0.15, 0.2) is 0 Å². The maximum Gasteiger partial charge on any atom is 0.127 e. The van der Waals surface area contributed by atoms with Crippen LogP contribution in [0, 0.1) is 0 Å². The number of nitrogens with zero attached hydrogens (tertiary/aromatic N) is 3. The highest BCUT2D eigenvalue weighted by atomic mass is 32.2. The van der Waals surface area contributed by atoms with Gasteiger partial charge in [0.1, 0.15) is 5.82 Å². The summed E-state index contributed by atoms with van der Waals surface area (Å²) in [5.41, 5.74) is 6.81. The fourth-order valence-electron chi connectivity index (χ4n) is 1.21. The second kappa shape index (κ2) is 4.35. The lowest BCUT2D eigenvalue weighted by Gasteiger charge is -2.01. The number of anilines is 1. The summed E-state index contributed by atoms with van der Waals surface area (Å²) in [5, 5.41) is 4.10. The van der Waals surface area contributed by atoms with E-state index in [1.54, 1.807) is 22.6 Å². The van der Waals surface area contributed by atoms with Crippen LogP contribution in [0.25, 0.3) is 0 Å². The Bertz CT molecular complexity index is 452. The fraction of sp³-hybridized carbons (Fsp3) is 0.200. The van der Waals surface area contributed by atoms with Crippen molar-refractivity contribution in [3.63, 3.8) is 0 Å². The number of pyridine rings is 1. The standard InChI is InChI=1S/C10H12N4S/c1-14-6-9(5-13-14)15-7-8-3-2-4-12-10(8)11/h2-6H,7H2,1H3,(H2,11,12). The van der Waals surface area contributed by atoms with Gasteiger partial charge in [0.25, 0.3) is 0 Å². The van der Waals surface area contributed by atoms with E-state index >= 15 is 0 Å². The molecule has 0 bridgehead atoms. The fourth-order valence-corrected chi connectivity index (χ4v) is 2.12. The first kappa shape index (κ1) is 10.0. The number of nitrogen functional groups attached to an aromatic ring is 1. The van der Waals surface area contributed by atoms with Crippen LogP contribution in [-0.2, 0) is 12.8 Å². The van der Waals surface area contributed by atoms with Gasteiger partial charge >= 0.3 is 0 Å². The summed E-state index contributed by atoms with van der Waals surface area (Å²) in [7, 11) is 1.91. The van der Waals surface area contributed by atoms with E-state index in [2.05, 4.69) is 10.1 Å². The molecule has 5 heteroatoms. The molecule has 0 amide bonds. The van der Waals surface area contributed by atoms with Crippen LogP contribution in [0.15, 0.2) is 35.6 Å². The zero-order valence-corrected chi connectivity index (χ0v) is 9.24. The molecule has 0 saturated carbocycles. The lowest BCUT2D eigenvalue weighted by atomic mass is 10.3. The summed E-state index contributed by atoms with van der Waals surface area (Å²) >= 11 is 1.71. The number of aryl methyl sites for hydroxylation is 1. The first-order chi connectivity index (χ1) is 7.25. The Labute approximate surface area is 92.5 Å². The third-order valence-electron chi connectivity index (χ3n) is 2.00. The molecule has 0 saturated heterocycles. The Hall–Kier alpha value is -1.49. The van der Waals surface area contributed by atoms with Gasteiger partial charge in [0.2, 0.25) is 0 Å². The zero-order valence-electron chi connectivity index (χ0n) is 8.42. The first-order valence-electron chi connectivity index (χ1n) is 4.56. The Morgan fingerprint density at radius 2 is 2.40 bits per heavy atom. The first-order valence-corrected chi connectivity index (χ1v) is 5.55. The molecule has 2 heterocycles. The quantitative estimate of drug-likeness (QED) is 0.800. The monoisotopic (exact) mass is 220 g/mol. The third kappa shape index (κ3) is 2.50. The predicted octanol–water partition coefficient (Wildman–Crippen LogP) is 1.69. The van der Waals surface area contributed by atoms with Crippen molar-refractivity contribution in [2.24, 2.45) is 7.05 Å². The minimum absolute atomic E-state index is 0.605. The van der Waals surface area contributed by atoms with Crippen molar-refractivity contribution in [1.29, 1.82) is 0 Å². The molecule has 2 N–H and O–H groups in total. The van der Waals surface area contributed by atoms with Crippen LogP contribution in [0.5, 0.6) is 0 Å². The van der Waals surface area contributed by atoms with E-state index in [0.29, 0.717) is 5.82 Å². The molecule has 15 heavy (non-hydrogen) atoms. The van der Waals surface area contributed by atoms with E-state index in [1.165, 1.54) is 0 Å². The average molecular weight is 220 g/mol. The van der Waals surface area contributed by atoms with E-state index in [0.717, 1.165) is 16.2 Å². The summed E-state index contributed by atoms with van der Waals surface area (Å²) in [6, 6.07) is 3.89. The van der Waals surface area contributed by atoms with Crippen LogP contribution in [0.1, 0.15) is 5.56 Å². The molecule has 2 aromatic heterocycles. The maximum absolute atomic E-state index is 5.74. The van der Waals surface area contributed by atoms with Crippen molar-refractivity contribution in [3.05, 3.63) is 36.3 Å². The molecule has 0 spiro atoms. The second-order valence-electron chi connectivity index (χ2n) is 3.19. The molecule has 0 unspecified atom stereocenters. The molecule has 2 aromatic rings. The number of aromatic nitrogens is 3. The Balaban J connectivity index is 2.02. The van der Waals surface area contributed by atoms with Crippen LogP contribution in [0.3, 0.4) is 0 Å². The Kier molecular flexibility index (Phi) is 2.91. The van der Waals surface area contributed by atoms with Gasteiger partial charge in [-0.1, -0.05) is 6.07 Å². The van der Waals surface area contributed by atoms with Crippen molar-refractivity contribution < 1.29 is 0 Å². The van der Waals surface area contributed by atoms with Crippen LogP contribution in [0.4, 0.5) is 5.82 Å². The highest BCUT2D eigenvalue weighted by Gasteiger charge is 2.01. The summed E-state index contributed by atoms with van der Waals surface area (Å²) < 4.78 is 1.79. The van der Waals surface area contributed by atoms with Gasteiger partial charge in [-0.05, 0) is 6.07 Å². The number of hydrogen-bond donors (Lipinski definition) is 1. The molecular formula is C10H12N4S. The van der Waals surface area contributed by atoms with Gasteiger partial charge in [-0.15, -0.1) is 11.8 Å². The molecule has 0 aliphatic carbocycles. The normalized spacial score (nSPS) is 10.5. The molecule has 2 rings (SSSR count). The minimum Gasteiger partial charge on any atom is -0.383 e. The SMILES string of the molecule is Cn1cc(SCc2cccnc2N)cn1. The number of hydrogen-bond acceptors (Lipinski definition) is 4. The van der Waals surface area contributed by atoms with E-state index in [1.807, 2.05) is 31.6 Å². The van der Waals surface area contributed by atoms with Crippen molar-refractivity contribution in [1.82, 2.24) is 14.8 Å². The van der Waals surface area contributed by atoms with E-state index in [-0.39, 0.29) is 0 Å². The highest BCUT2D eigenvalue weighted by molar-refractivity contribution is 7.98. The zero-order chi connectivity index (χ0) is 10.7. The Morgan fingerprint density at radius 1 is 1.53 bits per heavy atom. The maximum atomic E-state index is 5.74. The van der Waals surface area contributed by atoms with Crippen LogP contribution in [0.2, 0.25) is 0 Å². The van der Waals surface area contributed by atoms with Crippen molar-refractivity contribution in [2.45, 2.75) is 10.6 Å². The predicted molar refractivity (Wildman–Crippen MR) is 61.4 cm³/mol. The molecule has 0 aliphatic rings. The smallest absolute Gasteiger partial charge is 0.127 e. The summed E-state index contributed by atoms with van der Waals surface area (Å²) in [6.07, 6.45) is 5.53. The largest absolute Gasteiger partial charge is 0.383 e. The summed E-state index contributed by atoms with van der Waals surface area (Å²) in [6.45, 7) is 0. The van der Waals surface area contributed by atoms with Crippen LogP contribution >= 0.6 is 11.8 Å². The topological polar surface area (TPSA) is 56.7 Å². The summed E-state index contributed by atoms with van der Waals surface area (Å²) in [5.74, 6) is 1.43. The van der Waals surface area contributed by atoms with Gasteiger partial charge in [-0.2, -0.15) is 5.10 Å². The Morgan fingerprint density at radius 3 is 3.07 bits per heavy atom. The van der Waals surface area contributed by atoms with Gasteiger partial charge in [0.05, 0.1) is 6.20 Å². The van der Waals surface area contributed by atoms with Crippen LogP contribution < -0.4 is 5.73 Å². The number of rotatable bonds is 3. The average Bonchev–Trinajstić information content (AvgIpc) is 2.63. The van der Waals surface area contributed by atoms with Crippen LogP contribution in [-0.4, -0.2) is 14.8 Å². The lowest BCUT2D eigenvalue weighted by molar-refractivity contribution is 0.766. The van der Waals surface area contributed by atoms with Gasteiger partial charge in [0, 0.05) is 35.7 Å². The summed E-state index contributed by atoms with van der Waals surface area (Å²) in [4.78, 5) is 5.18. The lowest BCUT2D eigenvalue weighted by Crippen LogP contribution is -1.94. The molecule has 0 fully saturated rings. The molecular weight excluding hydrogens is 208 g/mol. The highest BCUT2D eigenvalue weighted by Crippen LogP contribution is 2.23.